The molecule has 0 aliphatic heterocycles. The van der Waals surface area contributed by atoms with Gasteiger partial charge in [-0.25, -0.2) is 9.97 Å². The molecule has 0 aliphatic rings. The molecule has 0 atom stereocenters. The monoisotopic (exact) mass is 269 g/mol. The first-order valence-corrected chi connectivity index (χ1v) is 5.66. The van der Waals surface area contributed by atoms with E-state index in [1.807, 2.05) is 25.3 Å². The molecule has 2 aromatic heterocycles. The molecule has 0 saturated carbocycles. The summed E-state index contributed by atoms with van der Waals surface area (Å²) in [6, 6.07) is 3.84. The fourth-order valence-electron chi connectivity index (χ4n) is 0.972. The van der Waals surface area contributed by atoms with Crippen LogP contribution in [0, 0.1) is 6.92 Å². The maximum atomic E-state index is 4.19. The molecule has 0 saturated heterocycles. The Balaban J connectivity index is 2.15. The van der Waals surface area contributed by atoms with Crippen LogP contribution in [-0.4, -0.2) is 9.97 Å². The van der Waals surface area contributed by atoms with Crippen molar-refractivity contribution in [3.8, 4) is 0 Å². The number of aromatic nitrogens is 2. The molecule has 1 N–H and O–H groups in total. The number of anilines is 2. The first-order chi connectivity index (χ1) is 6.74. The number of nitrogens with one attached hydrogen (secondary N) is 1. The molecule has 0 unspecified atom stereocenters. The van der Waals surface area contributed by atoms with Gasteiger partial charge in [0.15, 0.2) is 5.13 Å². The summed E-state index contributed by atoms with van der Waals surface area (Å²) >= 11 is 4.94. The molecular formula is C9H8BrN3S. The fourth-order valence-corrected chi connectivity index (χ4v) is 1.88. The Bertz CT molecular complexity index is 424. The standard InChI is InChI=1S/C9H8BrN3S/c1-6-4-12-9(14-6)13-8-3-2-7(10)5-11-8/h2-5H,1H3,(H,11,12,13). The van der Waals surface area contributed by atoms with Crippen molar-refractivity contribution >= 4 is 38.2 Å². The van der Waals surface area contributed by atoms with E-state index in [0.29, 0.717) is 0 Å². The second kappa shape index (κ2) is 4.06. The highest BCUT2D eigenvalue weighted by Gasteiger charge is 1.99. The predicted octanol–water partition coefficient (Wildman–Crippen LogP) is 3.35. The van der Waals surface area contributed by atoms with Crippen LogP contribution in [0.15, 0.2) is 29.0 Å². The SMILES string of the molecule is Cc1cnc(Nc2ccc(Br)cn2)s1. The van der Waals surface area contributed by atoms with Crippen LogP contribution in [0.5, 0.6) is 0 Å². The van der Waals surface area contributed by atoms with E-state index in [-0.39, 0.29) is 0 Å². The van der Waals surface area contributed by atoms with Gasteiger partial charge in [0.05, 0.1) is 0 Å². The maximum absolute atomic E-state index is 4.19. The van der Waals surface area contributed by atoms with Gasteiger partial charge in [0.2, 0.25) is 0 Å². The number of hydrogen-bond donors (Lipinski definition) is 1. The predicted molar refractivity (Wildman–Crippen MR) is 62.1 cm³/mol. The first kappa shape index (κ1) is 9.61. The van der Waals surface area contributed by atoms with Crippen LogP contribution in [0.4, 0.5) is 10.9 Å². The molecule has 0 spiro atoms. The number of nitrogens with zero attached hydrogens (tertiary/aromatic N) is 2. The second-order valence-corrected chi connectivity index (χ2v) is 4.91. The fraction of sp³-hybridized carbons (Fsp3) is 0.111. The van der Waals surface area contributed by atoms with Crippen LogP contribution < -0.4 is 5.32 Å². The molecule has 2 rings (SSSR count). The Morgan fingerprint density at radius 1 is 1.29 bits per heavy atom. The zero-order chi connectivity index (χ0) is 9.97. The number of pyridine rings is 1. The molecule has 0 radical (unpaired) electrons. The van der Waals surface area contributed by atoms with Crippen LogP contribution in [-0.2, 0) is 0 Å². The quantitative estimate of drug-likeness (QED) is 0.909. The van der Waals surface area contributed by atoms with E-state index in [9.17, 15) is 0 Å². The van der Waals surface area contributed by atoms with Crippen LogP contribution in [0.1, 0.15) is 4.88 Å². The minimum absolute atomic E-state index is 0.808. The summed E-state index contributed by atoms with van der Waals surface area (Å²) in [5.41, 5.74) is 0. The zero-order valence-electron chi connectivity index (χ0n) is 7.49. The van der Waals surface area contributed by atoms with Crippen LogP contribution in [0.25, 0.3) is 0 Å². The molecule has 0 bridgehead atoms. The highest BCUT2D eigenvalue weighted by atomic mass is 79.9. The lowest BCUT2D eigenvalue weighted by molar-refractivity contribution is 1.27. The number of halogens is 1. The third-order valence-electron chi connectivity index (χ3n) is 1.58. The number of aryl methyl sites for hydroxylation is 1. The minimum Gasteiger partial charge on any atom is -0.316 e. The average Bonchev–Trinajstić information content (AvgIpc) is 2.56. The van der Waals surface area contributed by atoms with Crippen molar-refractivity contribution in [2.24, 2.45) is 0 Å². The van der Waals surface area contributed by atoms with E-state index in [0.717, 1.165) is 15.4 Å². The van der Waals surface area contributed by atoms with Gasteiger partial charge in [-0.3, -0.25) is 0 Å². The summed E-state index contributed by atoms with van der Waals surface area (Å²) < 4.78 is 0.971. The largest absolute Gasteiger partial charge is 0.316 e. The van der Waals surface area contributed by atoms with Gasteiger partial charge in [0.1, 0.15) is 5.82 Å². The van der Waals surface area contributed by atoms with Crippen LogP contribution in [0.2, 0.25) is 0 Å². The number of thiazole rings is 1. The van der Waals surface area contributed by atoms with Gasteiger partial charge in [-0.1, -0.05) is 0 Å². The third kappa shape index (κ3) is 2.30. The Labute approximate surface area is 94.4 Å². The van der Waals surface area contributed by atoms with Gasteiger partial charge in [-0.05, 0) is 35.0 Å². The van der Waals surface area contributed by atoms with Gasteiger partial charge >= 0.3 is 0 Å². The van der Waals surface area contributed by atoms with E-state index in [4.69, 9.17) is 0 Å². The molecule has 5 heteroatoms. The van der Waals surface area contributed by atoms with Gasteiger partial charge in [0, 0.05) is 21.7 Å². The smallest absolute Gasteiger partial charge is 0.188 e. The average molecular weight is 270 g/mol. The van der Waals surface area contributed by atoms with E-state index in [1.165, 1.54) is 4.88 Å². The van der Waals surface area contributed by atoms with E-state index >= 15 is 0 Å². The third-order valence-corrected chi connectivity index (χ3v) is 2.88. The highest BCUT2D eigenvalue weighted by molar-refractivity contribution is 9.10. The minimum atomic E-state index is 0.808. The molecule has 72 valence electrons. The zero-order valence-corrected chi connectivity index (χ0v) is 9.89. The van der Waals surface area contributed by atoms with Crippen molar-refractivity contribution in [2.75, 3.05) is 5.32 Å². The summed E-state index contributed by atoms with van der Waals surface area (Å²) in [4.78, 5) is 9.57. The molecule has 0 amide bonds. The molecule has 0 fully saturated rings. The maximum Gasteiger partial charge on any atom is 0.188 e. The van der Waals surface area contributed by atoms with Gasteiger partial charge in [-0.2, -0.15) is 0 Å². The first-order valence-electron chi connectivity index (χ1n) is 4.05. The highest BCUT2D eigenvalue weighted by Crippen LogP contribution is 2.21. The van der Waals surface area contributed by atoms with Crippen molar-refractivity contribution in [1.82, 2.24) is 9.97 Å². The molecule has 2 heterocycles. The lowest BCUT2D eigenvalue weighted by Crippen LogP contribution is -1.91. The summed E-state index contributed by atoms with van der Waals surface area (Å²) in [5, 5.41) is 4.00. The summed E-state index contributed by atoms with van der Waals surface area (Å²) in [6.45, 7) is 2.03. The Hall–Kier alpha value is -0.940. The molecule has 14 heavy (non-hydrogen) atoms. The Morgan fingerprint density at radius 3 is 2.71 bits per heavy atom. The summed E-state index contributed by atoms with van der Waals surface area (Å²) in [6.07, 6.45) is 3.59. The number of rotatable bonds is 2. The van der Waals surface area contributed by atoms with Crippen LogP contribution in [0.3, 0.4) is 0 Å². The molecule has 0 aromatic carbocycles. The van der Waals surface area contributed by atoms with Crippen molar-refractivity contribution in [2.45, 2.75) is 6.92 Å². The van der Waals surface area contributed by atoms with E-state index in [1.54, 1.807) is 17.5 Å². The van der Waals surface area contributed by atoms with Gasteiger partial charge < -0.3 is 5.32 Å². The van der Waals surface area contributed by atoms with Crippen molar-refractivity contribution in [3.63, 3.8) is 0 Å². The Morgan fingerprint density at radius 2 is 2.14 bits per heavy atom. The number of hydrogen-bond acceptors (Lipinski definition) is 4. The summed E-state index contributed by atoms with van der Waals surface area (Å²) in [5.74, 6) is 0.808. The molecular weight excluding hydrogens is 262 g/mol. The second-order valence-electron chi connectivity index (χ2n) is 2.76. The van der Waals surface area contributed by atoms with E-state index < -0.39 is 0 Å². The van der Waals surface area contributed by atoms with Crippen molar-refractivity contribution in [1.29, 1.82) is 0 Å². The Kier molecular flexibility index (Phi) is 2.79. The van der Waals surface area contributed by atoms with E-state index in [2.05, 4.69) is 31.2 Å². The van der Waals surface area contributed by atoms with Gasteiger partial charge in [0.25, 0.3) is 0 Å². The lowest BCUT2D eigenvalue weighted by atomic mass is 10.5. The van der Waals surface area contributed by atoms with Gasteiger partial charge in [-0.15, -0.1) is 11.3 Å². The molecule has 2 aromatic rings. The van der Waals surface area contributed by atoms with Crippen LogP contribution >= 0.6 is 27.3 Å². The molecule has 3 nitrogen and oxygen atoms in total. The normalized spacial score (nSPS) is 10.1. The van der Waals surface area contributed by atoms with Crippen molar-refractivity contribution < 1.29 is 0 Å². The summed E-state index contributed by atoms with van der Waals surface area (Å²) in [7, 11) is 0. The lowest BCUT2D eigenvalue weighted by Gasteiger charge is -2.00. The topological polar surface area (TPSA) is 37.8 Å². The molecule has 0 aliphatic carbocycles. The van der Waals surface area contributed by atoms with Crippen molar-refractivity contribution in [3.05, 3.63) is 33.9 Å².